The summed E-state index contributed by atoms with van der Waals surface area (Å²) in [5.74, 6) is 0. The third kappa shape index (κ3) is 2.87. The van der Waals surface area contributed by atoms with Crippen LogP contribution in [0.15, 0.2) is 55.6 Å². The van der Waals surface area contributed by atoms with Gasteiger partial charge in [-0.05, 0) is 0 Å². The first-order valence-corrected chi connectivity index (χ1v) is 15.3. The van der Waals surface area contributed by atoms with Crippen molar-refractivity contribution in [3.05, 3.63) is 55.6 Å². The Balaban J connectivity index is 4.19. The Morgan fingerprint density at radius 3 is 1.73 bits per heavy atom. The van der Waals surface area contributed by atoms with Gasteiger partial charge in [0.1, 0.15) is 0 Å². The molecule has 22 heavy (non-hydrogen) atoms. The Morgan fingerprint density at radius 2 is 1.41 bits per heavy atom. The van der Waals surface area contributed by atoms with Gasteiger partial charge in [0.15, 0.2) is 0 Å². The van der Waals surface area contributed by atoms with Crippen LogP contribution < -0.4 is 16.5 Å². The Bertz CT molecular complexity index is 649. The number of allylic oxidation sites excluding steroid dienone is 2. The average Bonchev–Trinajstić information content (AvgIpc) is 2.26. The molecule has 0 unspecified atom stereocenters. The molecule has 0 aliphatic carbocycles. The second-order valence-corrected chi connectivity index (χ2v) is 28.5. The van der Waals surface area contributed by atoms with E-state index in [2.05, 4.69) is 13.2 Å². The molecule has 5 heteroatoms. The van der Waals surface area contributed by atoms with E-state index < -0.39 is 18.0 Å². The van der Waals surface area contributed by atoms with Crippen molar-refractivity contribution in [2.75, 3.05) is 0 Å². The summed E-state index contributed by atoms with van der Waals surface area (Å²) < 4.78 is 33.9. The fraction of sp³-hybridized carbons (Fsp3) is 0.412. The number of hydrogen-bond donors (Lipinski definition) is 4. The molecule has 0 heterocycles. The van der Waals surface area contributed by atoms with Crippen LogP contribution in [-0.4, -0.2) is 3.69 Å². The normalized spacial score (nSPS) is 20.0. The van der Waals surface area contributed by atoms with E-state index in [0.29, 0.717) is 3.87 Å². The number of hydrogen-bond acceptors (Lipinski definition) is 4. The van der Waals surface area contributed by atoms with Crippen molar-refractivity contribution in [3.8, 4) is 0 Å². The van der Waals surface area contributed by atoms with E-state index in [-0.39, 0.29) is 14.2 Å². The van der Waals surface area contributed by atoms with Crippen molar-refractivity contribution in [3.63, 3.8) is 0 Å². The molecule has 0 aliphatic heterocycles. The summed E-state index contributed by atoms with van der Waals surface area (Å²) in [7, 11) is 0. The van der Waals surface area contributed by atoms with Crippen molar-refractivity contribution in [1.82, 2.24) is 0 Å². The predicted octanol–water partition coefficient (Wildman–Crippen LogP) is 2.81. The molecule has 1 rings (SSSR count). The summed E-state index contributed by atoms with van der Waals surface area (Å²) >= 11 is -7.14. The van der Waals surface area contributed by atoms with Gasteiger partial charge in [0.05, 0.1) is 0 Å². The summed E-state index contributed by atoms with van der Waals surface area (Å²) in [6.07, 6.45) is 3.06. The minimum atomic E-state index is -7.14. The molecule has 1 aromatic rings. The Hall–Kier alpha value is -0.746. The van der Waals surface area contributed by atoms with Gasteiger partial charge in [-0.25, -0.2) is 0 Å². The van der Waals surface area contributed by atoms with Gasteiger partial charge in [-0.2, -0.15) is 0 Å². The molecule has 7 N–H and O–H groups in total. The maximum absolute atomic E-state index is 12.5. The molecular weight excluding hydrogens is 310 g/mol. The van der Waals surface area contributed by atoms with Gasteiger partial charge in [-0.1, -0.05) is 0 Å². The Morgan fingerprint density at radius 1 is 1.00 bits per heavy atom. The summed E-state index contributed by atoms with van der Waals surface area (Å²) in [5.41, 5.74) is -0.408. The molecule has 0 saturated carbocycles. The third-order valence-electron chi connectivity index (χ3n) is 5.23. The van der Waals surface area contributed by atoms with Crippen molar-refractivity contribution in [1.29, 1.82) is 0 Å². The minimum absolute atomic E-state index is 0.0576. The first kappa shape index (κ1) is 19.3. The van der Waals surface area contributed by atoms with E-state index in [4.69, 9.17) is 12.6 Å². The van der Waals surface area contributed by atoms with E-state index in [0.717, 1.165) is 0 Å². The molecule has 0 aromatic heterocycles. The number of benzene rings is 1. The fourth-order valence-corrected chi connectivity index (χ4v) is 19.8. The molecule has 0 atom stereocenters. The quantitative estimate of drug-likeness (QED) is 0.471. The molecule has 0 radical (unpaired) electrons. The van der Waals surface area contributed by atoms with Crippen molar-refractivity contribution < 1.29 is 16.3 Å². The first-order valence-electron chi connectivity index (χ1n) is 7.80. The second kappa shape index (κ2) is 3.51. The van der Waals surface area contributed by atoms with Gasteiger partial charge in [-0.15, -0.1) is 0 Å². The van der Waals surface area contributed by atoms with Gasteiger partial charge in [0.25, 0.3) is 0 Å². The van der Waals surface area contributed by atoms with Crippen LogP contribution in [0.25, 0.3) is 0 Å². The number of rotatable bonds is 6. The van der Waals surface area contributed by atoms with Gasteiger partial charge in [0, 0.05) is 0 Å². The molecule has 0 spiro atoms. The van der Waals surface area contributed by atoms with Gasteiger partial charge < -0.3 is 0 Å². The monoisotopic (exact) mass is 343 g/mol. The van der Waals surface area contributed by atoms with Crippen LogP contribution >= 0.6 is 0 Å². The van der Waals surface area contributed by atoms with Crippen molar-refractivity contribution >= 4 is 3.87 Å². The SMILES string of the molecule is C=C[CH2][Ti]([NH2])([NH2])([NH2])([OH])([CH2]C=C)([CH2]C(C)(C)C)[c]1ccccc1. The third-order valence-corrected chi connectivity index (χ3v) is 19.7. The van der Waals surface area contributed by atoms with Crippen LogP contribution in [0.2, 0.25) is 14.2 Å². The molecule has 0 aliphatic rings. The Kier molecular flexibility index (Phi) is 3.08. The van der Waals surface area contributed by atoms with Crippen LogP contribution in [-0.2, 0) is 12.6 Å². The molecule has 126 valence electrons. The van der Waals surface area contributed by atoms with Gasteiger partial charge in [0.2, 0.25) is 0 Å². The number of nitrogens with two attached hydrogens (primary N) is 3. The van der Waals surface area contributed by atoms with Gasteiger partial charge in [-0.3, -0.25) is 0 Å². The van der Waals surface area contributed by atoms with E-state index in [9.17, 15) is 3.69 Å². The van der Waals surface area contributed by atoms with Gasteiger partial charge >= 0.3 is 129 Å². The van der Waals surface area contributed by atoms with Crippen LogP contribution in [0.3, 0.4) is 0 Å². The molecule has 0 amide bonds. The predicted molar refractivity (Wildman–Crippen MR) is 95.1 cm³/mol. The zero-order chi connectivity index (χ0) is 17.5. The van der Waals surface area contributed by atoms with E-state index in [1.54, 1.807) is 24.3 Å². The van der Waals surface area contributed by atoms with Crippen molar-refractivity contribution in [2.24, 2.45) is 18.1 Å². The summed E-state index contributed by atoms with van der Waals surface area (Å²) in [6, 6.07) is 8.85. The molecular formula is C17H33N3OTi. The first-order chi connectivity index (χ1) is 9.45. The van der Waals surface area contributed by atoms with Crippen LogP contribution in [0.4, 0.5) is 0 Å². The summed E-state index contributed by atoms with van der Waals surface area (Å²) in [5, 5.41) is 0. The van der Waals surface area contributed by atoms with Crippen LogP contribution in [0.1, 0.15) is 20.8 Å². The standard InChI is InChI=1S/C6H5.C5H11.2C3H5.3H2N.H2O.Ti/c1-2-4-6-5-3-1;1-5(2,3)4;2*1-3-2;;;;;/h1-5H;1H2,2-4H3;2*3H,1-2H2;4*1H2;/q;;;;3*-1;;+4/p-1. The molecule has 0 bridgehead atoms. The average molecular weight is 343 g/mol. The molecule has 0 fully saturated rings. The van der Waals surface area contributed by atoms with E-state index in [1.807, 2.05) is 26.8 Å². The Labute approximate surface area is 128 Å². The van der Waals surface area contributed by atoms with Crippen LogP contribution in [0.5, 0.6) is 0 Å². The fourth-order valence-electron chi connectivity index (χ4n) is 5.07. The molecule has 0 saturated heterocycles. The maximum atomic E-state index is 12.5. The topological polar surface area (TPSA) is 98.3 Å². The van der Waals surface area contributed by atoms with Crippen LogP contribution in [0, 0.1) is 5.41 Å². The van der Waals surface area contributed by atoms with E-state index >= 15 is 0 Å². The van der Waals surface area contributed by atoms with E-state index in [1.165, 1.54) is 12.2 Å². The molecule has 1 aromatic carbocycles. The van der Waals surface area contributed by atoms with Crippen molar-refractivity contribution in [2.45, 2.75) is 34.9 Å². The molecule has 4 nitrogen and oxygen atoms in total. The second-order valence-electron chi connectivity index (χ2n) is 10.1. The summed E-state index contributed by atoms with van der Waals surface area (Å²) in [6.45, 7) is 13.4. The zero-order valence-electron chi connectivity index (χ0n) is 14.3. The zero-order valence-corrected chi connectivity index (χ0v) is 15.8. The summed E-state index contributed by atoms with van der Waals surface area (Å²) in [4.78, 5) is 0.